The van der Waals surface area contributed by atoms with Gasteiger partial charge in [-0.2, -0.15) is 0 Å². The number of rotatable bonds is 3. The molecule has 0 fully saturated rings. The predicted molar refractivity (Wildman–Crippen MR) is 109 cm³/mol. The van der Waals surface area contributed by atoms with Gasteiger partial charge in [0.05, 0.1) is 0 Å². The zero-order valence-electron chi connectivity index (χ0n) is 13.5. The van der Waals surface area contributed by atoms with Gasteiger partial charge in [0.25, 0.3) is 0 Å². The predicted octanol–water partition coefficient (Wildman–Crippen LogP) is 6.62. The summed E-state index contributed by atoms with van der Waals surface area (Å²) in [6.45, 7) is 0. The topological polar surface area (TPSA) is 12.4 Å². The first-order valence-electron chi connectivity index (χ1n) is 8.13. The van der Waals surface area contributed by atoms with Gasteiger partial charge in [0.1, 0.15) is 11.1 Å². The highest BCUT2D eigenvalue weighted by molar-refractivity contribution is 8.18. The molecule has 0 spiro atoms. The van der Waals surface area contributed by atoms with E-state index in [0.717, 1.165) is 15.6 Å². The highest BCUT2D eigenvalue weighted by atomic mass is 35.5. The Balaban J connectivity index is 1.74. The van der Waals surface area contributed by atoms with E-state index >= 15 is 0 Å². The van der Waals surface area contributed by atoms with E-state index in [1.54, 1.807) is 11.8 Å². The van der Waals surface area contributed by atoms with Crippen LogP contribution in [0.25, 0.3) is 6.08 Å². The molecule has 1 atom stereocenters. The van der Waals surface area contributed by atoms with E-state index in [0.29, 0.717) is 0 Å². The van der Waals surface area contributed by atoms with E-state index in [4.69, 9.17) is 16.6 Å². The van der Waals surface area contributed by atoms with Crippen molar-refractivity contribution >= 4 is 34.5 Å². The maximum atomic E-state index is 6.02. The second kappa shape index (κ2) is 7.30. The average molecular weight is 362 g/mol. The molecule has 1 heterocycles. The SMILES string of the molecule is Clc1ccc(C2=N[C@H](c3ccccc3)/C(=C\c3ccccc3)S2)cc1. The molecule has 25 heavy (non-hydrogen) atoms. The van der Waals surface area contributed by atoms with E-state index in [2.05, 4.69) is 54.6 Å². The third-order valence-corrected chi connectivity index (χ3v) is 5.41. The van der Waals surface area contributed by atoms with Crippen LogP contribution in [-0.2, 0) is 0 Å². The summed E-state index contributed by atoms with van der Waals surface area (Å²) in [6, 6.07) is 28.8. The van der Waals surface area contributed by atoms with Crippen molar-refractivity contribution in [2.45, 2.75) is 6.04 Å². The van der Waals surface area contributed by atoms with E-state index in [-0.39, 0.29) is 6.04 Å². The standard InChI is InChI=1S/C22H16ClNS/c23-19-13-11-18(12-14-19)22-24-21(17-9-5-2-6-10-17)20(25-22)15-16-7-3-1-4-8-16/h1-15,21H/b20-15+/t21-/m1/s1. The Bertz CT molecular complexity index is 915. The molecule has 1 aliphatic heterocycles. The summed E-state index contributed by atoms with van der Waals surface area (Å²) in [4.78, 5) is 6.24. The fourth-order valence-electron chi connectivity index (χ4n) is 2.80. The van der Waals surface area contributed by atoms with Crippen molar-refractivity contribution in [3.05, 3.63) is 112 Å². The minimum Gasteiger partial charge on any atom is -0.264 e. The van der Waals surface area contributed by atoms with E-state index < -0.39 is 0 Å². The highest BCUT2D eigenvalue weighted by Crippen LogP contribution is 2.44. The van der Waals surface area contributed by atoms with Gasteiger partial charge in [-0.1, -0.05) is 96.2 Å². The molecule has 122 valence electrons. The normalized spacial score (nSPS) is 18.4. The summed E-state index contributed by atoms with van der Waals surface area (Å²) in [5.41, 5.74) is 3.51. The van der Waals surface area contributed by atoms with Crippen molar-refractivity contribution in [2.75, 3.05) is 0 Å². The molecule has 3 aromatic carbocycles. The molecule has 4 rings (SSSR count). The van der Waals surface area contributed by atoms with Crippen molar-refractivity contribution in [2.24, 2.45) is 4.99 Å². The molecule has 0 saturated heterocycles. The molecular weight excluding hydrogens is 346 g/mol. The van der Waals surface area contributed by atoms with Gasteiger partial charge < -0.3 is 0 Å². The lowest BCUT2D eigenvalue weighted by molar-refractivity contribution is 0.917. The molecule has 0 amide bonds. The Morgan fingerprint density at radius 1 is 0.800 bits per heavy atom. The third-order valence-electron chi connectivity index (χ3n) is 4.05. The van der Waals surface area contributed by atoms with Gasteiger partial charge in [0, 0.05) is 15.5 Å². The first-order valence-corrected chi connectivity index (χ1v) is 9.32. The average Bonchev–Trinajstić information content (AvgIpc) is 3.08. The van der Waals surface area contributed by atoms with Crippen LogP contribution >= 0.6 is 23.4 Å². The maximum Gasteiger partial charge on any atom is 0.108 e. The fraction of sp³-hybridized carbons (Fsp3) is 0.0455. The Morgan fingerprint density at radius 2 is 1.44 bits per heavy atom. The lowest BCUT2D eigenvalue weighted by atomic mass is 10.1. The molecule has 0 unspecified atom stereocenters. The number of nitrogens with zero attached hydrogens (tertiary/aromatic N) is 1. The minimum atomic E-state index is 0.0390. The van der Waals surface area contributed by atoms with Crippen LogP contribution in [0, 0.1) is 0 Å². The number of thioether (sulfide) groups is 1. The van der Waals surface area contributed by atoms with E-state index in [1.165, 1.54) is 16.0 Å². The van der Waals surface area contributed by atoms with Gasteiger partial charge in [0.15, 0.2) is 0 Å². The van der Waals surface area contributed by atoms with Gasteiger partial charge in [-0.3, -0.25) is 4.99 Å². The summed E-state index contributed by atoms with van der Waals surface area (Å²) in [6.07, 6.45) is 2.23. The van der Waals surface area contributed by atoms with Crippen LogP contribution in [-0.4, -0.2) is 5.04 Å². The molecule has 0 aromatic heterocycles. The summed E-state index contributed by atoms with van der Waals surface area (Å²) in [5, 5.41) is 1.78. The van der Waals surface area contributed by atoms with Crippen LogP contribution in [0.3, 0.4) is 0 Å². The van der Waals surface area contributed by atoms with Crippen LogP contribution in [0.1, 0.15) is 22.7 Å². The first-order chi connectivity index (χ1) is 12.3. The van der Waals surface area contributed by atoms with E-state index in [1.807, 2.05) is 36.4 Å². The smallest absolute Gasteiger partial charge is 0.108 e. The largest absolute Gasteiger partial charge is 0.264 e. The second-order valence-corrected chi connectivity index (χ2v) is 7.31. The summed E-state index contributed by atoms with van der Waals surface area (Å²) in [7, 11) is 0. The molecule has 3 aromatic rings. The Labute approximate surface area is 157 Å². The number of hydrogen-bond acceptors (Lipinski definition) is 2. The van der Waals surface area contributed by atoms with Crippen molar-refractivity contribution in [1.82, 2.24) is 0 Å². The number of halogens is 1. The first kappa shape index (κ1) is 16.2. The second-order valence-electron chi connectivity index (χ2n) is 5.81. The van der Waals surface area contributed by atoms with Gasteiger partial charge in [-0.25, -0.2) is 0 Å². The van der Waals surface area contributed by atoms with Crippen molar-refractivity contribution < 1.29 is 0 Å². The van der Waals surface area contributed by atoms with Gasteiger partial charge in [0.2, 0.25) is 0 Å². The van der Waals surface area contributed by atoms with Crippen LogP contribution in [0.2, 0.25) is 5.02 Å². The number of benzene rings is 3. The van der Waals surface area contributed by atoms with Gasteiger partial charge >= 0.3 is 0 Å². The number of aliphatic imine (C=N–C) groups is 1. The monoisotopic (exact) mass is 361 g/mol. The lowest BCUT2D eigenvalue weighted by Gasteiger charge is -2.09. The lowest BCUT2D eigenvalue weighted by Crippen LogP contribution is -1.93. The maximum absolute atomic E-state index is 6.02. The summed E-state index contributed by atoms with van der Waals surface area (Å²) < 4.78 is 0. The Kier molecular flexibility index (Phi) is 4.73. The van der Waals surface area contributed by atoms with Crippen molar-refractivity contribution in [3.63, 3.8) is 0 Å². The molecule has 0 N–H and O–H groups in total. The Hall–Kier alpha value is -2.29. The zero-order valence-corrected chi connectivity index (χ0v) is 15.0. The van der Waals surface area contributed by atoms with Crippen LogP contribution < -0.4 is 0 Å². The molecule has 0 radical (unpaired) electrons. The molecular formula is C22H16ClNS. The molecule has 1 aliphatic rings. The fourth-order valence-corrected chi connectivity index (χ4v) is 4.05. The van der Waals surface area contributed by atoms with Crippen LogP contribution in [0.15, 0.2) is 94.8 Å². The summed E-state index contributed by atoms with van der Waals surface area (Å²) >= 11 is 7.76. The third kappa shape index (κ3) is 3.71. The minimum absolute atomic E-state index is 0.0390. The summed E-state index contributed by atoms with van der Waals surface area (Å²) in [5.74, 6) is 0. The molecule has 1 nitrogen and oxygen atoms in total. The van der Waals surface area contributed by atoms with Gasteiger partial charge in [-0.15, -0.1) is 0 Å². The Morgan fingerprint density at radius 3 is 2.12 bits per heavy atom. The molecule has 0 aliphatic carbocycles. The highest BCUT2D eigenvalue weighted by Gasteiger charge is 2.26. The molecule has 0 saturated carbocycles. The van der Waals surface area contributed by atoms with E-state index in [9.17, 15) is 0 Å². The number of hydrogen-bond donors (Lipinski definition) is 0. The van der Waals surface area contributed by atoms with Gasteiger partial charge in [-0.05, 0) is 29.3 Å². The zero-order chi connectivity index (χ0) is 17.1. The van der Waals surface area contributed by atoms with Crippen molar-refractivity contribution in [1.29, 1.82) is 0 Å². The molecule has 3 heteroatoms. The van der Waals surface area contributed by atoms with Crippen LogP contribution in [0.5, 0.6) is 0 Å². The quantitative estimate of drug-likeness (QED) is 0.510. The van der Waals surface area contributed by atoms with Crippen molar-refractivity contribution in [3.8, 4) is 0 Å². The molecule has 0 bridgehead atoms. The van der Waals surface area contributed by atoms with Crippen LogP contribution in [0.4, 0.5) is 0 Å².